The minimum Gasteiger partial charge on any atom is -0.364 e. The highest BCUT2D eigenvalue weighted by atomic mass is 14.7. The number of hydrogen-bond acceptors (Lipinski definition) is 0. The van der Waals surface area contributed by atoms with Crippen LogP contribution in [0.2, 0.25) is 0 Å². The molecule has 24 heavy (non-hydrogen) atoms. The second kappa shape index (κ2) is 6.59. The summed E-state index contributed by atoms with van der Waals surface area (Å²) in [5, 5.41) is 0. The summed E-state index contributed by atoms with van der Waals surface area (Å²) in [6, 6.07) is 31.8. The molecule has 0 aliphatic rings. The topological polar surface area (TPSA) is 15.8 Å². The van der Waals surface area contributed by atoms with E-state index in [9.17, 15) is 0 Å². The van der Waals surface area contributed by atoms with E-state index >= 15 is 0 Å². The first kappa shape index (κ1) is 14.5. The molecule has 0 bridgehead atoms. The Balaban J connectivity index is 1.84. The summed E-state index contributed by atoms with van der Waals surface area (Å²) in [6.07, 6.45) is 3.04. The molecular weight excluding hydrogens is 290 g/mol. The van der Waals surface area contributed by atoms with E-state index in [1.165, 1.54) is 33.5 Å². The van der Waals surface area contributed by atoms with Gasteiger partial charge in [-0.1, -0.05) is 91.0 Å². The summed E-state index contributed by atoms with van der Waals surface area (Å²) in [5.41, 5.74) is 7.62. The molecule has 0 atom stereocenters. The fraction of sp³-hybridized carbons (Fsp3) is 0.0435. The van der Waals surface area contributed by atoms with Crippen LogP contribution in [0.5, 0.6) is 0 Å². The fourth-order valence-electron chi connectivity index (χ4n) is 3.19. The van der Waals surface area contributed by atoms with Gasteiger partial charge in [0.2, 0.25) is 0 Å². The first-order chi connectivity index (χ1) is 11.9. The van der Waals surface area contributed by atoms with Gasteiger partial charge in [0.15, 0.2) is 0 Å². The van der Waals surface area contributed by atoms with Crippen molar-refractivity contribution in [1.29, 1.82) is 0 Å². The molecule has 0 aliphatic carbocycles. The predicted molar refractivity (Wildman–Crippen MR) is 101 cm³/mol. The van der Waals surface area contributed by atoms with Crippen molar-refractivity contribution in [1.82, 2.24) is 4.98 Å². The number of H-pyrrole nitrogens is 1. The van der Waals surface area contributed by atoms with Crippen molar-refractivity contribution in [3.8, 4) is 22.3 Å². The van der Waals surface area contributed by atoms with Crippen molar-refractivity contribution in [2.24, 2.45) is 0 Å². The van der Waals surface area contributed by atoms with E-state index in [-0.39, 0.29) is 0 Å². The monoisotopic (exact) mass is 309 g/mol. The third-order valence-corrected chi connectivity index (χ3v) is 4.33. The number of aromatic amines is 1. The van der Waals surface area contributed by atoms with Gasteiger partial charge in [-0.3, -0.25) is 0 Å². The van der Waals surface area contributed by atoms with Crippen LogP contribution in [0.4, 0.5) is 0 Å². The van der Waals surface area contributed by atoms with E-state index in [1.54, 1.807) is 0 Å². The summed E-state index contributed by atoms with van der Waals surface area (Å²) >= 11 is 0. The Morgan fingerprint density at radius 3 is 1.75 bits per heavy atom. The first-order valence-electron chi connectivity index (χ1n) is 8.27. The zero-order chi connectivity index (χ0) is 16.2. The highest BCUT2D eigenvalue weighted by Crippen LogP contribution is 2.35. The Morgan fingerprint density at radius 2 is 1.12 bits per heavy atom. The SMILES string of the molecule is c1ccc(Cc2[nH]cc(-c3ccccc3)c2-c2ccccc2)cc1. The van der Waals surface area contributed by atoms with Crippen LogP contribution in [0.25, 0.3) is 22.3 Å². The maximum absolute atomic E-state index is 3.52. The minimum atomic E-state index is 0.901. The smallest absolute Gasteiger partial charge is 0.0277 e. The van der Waals surface area contributed by atoms with Gasteiger partial charge in [0, 0.05) is 29.4 Å². The lowest BCUT2D eigenvalue weighted by molar-refractivity contribution is 1.11. The van der Waals surface area contributed by atoms with Gasteiger partial charge in [-0.15, -0.1) is 0 Å². The zero-order valence-electron chi connectivity index (χ0n) is 13.4. The molecule has 1 N–H and O–H groups in total. The van der Waals surface area contributed by atoms with Gasteiger partial charge >= 0.3 is 0 Å². The third-order valence-electron chi connectivity index (χ3n) is 4.33. The highest BCUT2D eigenvalue weighted by Gasteiger charge is 2.14. The van der Waals surface area contributed by atoms with Crippen LogP contribution in [0.3, 0.4) is 0 Å². The normalized spacial score (nSPS) is 10.7. The van der Waals surface area contributed by atoms with Crippen LogP contribution >= 0.6 is 0 Å². The van der Waals surface area contributed by atoms with Crippen molar-refractivity contribution in [2.45, 2.75) is 6.42 Å². The Kier molecular flexibility index (Phi) is 3.99. The lowest BCUT2D eigenvalue weighted by Gasteiger charge is -2.09. The van der Waals surface area contributed by atoms with E-state index in [1.807, 2.05) is 0 Å². The third kappa shape index (κ3) is 2.89. The molecule has 0 aliphatic heterocycles. The number of rotatable bonds is 4. The maximum atomic E-state index is 3.52. The quantitative estimate of drug-likeness (QED) is 0.480. The van der Waals surface area contributed by atoms with Gasteiger partial charge in [-0.05, 0) is 16.7 Å². The van der Waals surface area contributed by atoms with Gasteiger partial charge in [0.05, 0.1) is 0 Å². The number of benzene rings is 3. The summed E-state index contributed by atoms with van der Waals surface area (Å²) < 4.78 is 0. The summed E-state index contributed by atoms with van der Waals surface area (Å²) in [4.78, 5) is 3.52. The van der Waals surface area contributed by atoms with Crippen molar-refractivity contribution in [2.75, 3.05) is 0 Å². The second-order valence-corrected chi connectivity index (χ2v) is 5.95. The van der Waals surface area contributed by atoms with E-state index in [0.29, 0.717) is 0 Å². The molecule has 4 rings (SSSR count). The largest absolute Gasteiger partial charge is 0.364 e. The lowest BCUT2D eigenvalue weighted by Crippen LogP contribution is -1.91. The molecule has 0 fully saturated rings. The molecule has 3 aromatic carbocycles. The molecule has 1 aromatic heterocycles. The van der Waals surface area contributed by atoms with Crippen LogP contribution in [0, 0.1) is 0 Å². The fourth-order valence-corrected chi connectivity index (χ4v) is 3.19. The van der Waals surface area contributed by atoms with Crippen molar-refractivity contribution in [3.63, 3.8) is 0 Å². The maximum Gasteiger partial charge on any atom is 0.0277 e. The van der Waals surface area contributed by atoms with Gasteiger partial charge in [-0.25, -0.2) is 0 Å². The van der Waals surface area contributed by atoms with Gasteiger partial charge in [0.25, 0.3) is 0 Å². The lowest BCUT2D eigenvalue weighted by atomic mass is 9.94. The summed E-state index contributed by atoms with van der Waals surface area (Å²) in [6.45, 7) is 0. The predicted octanol–water partition coefficient (Wildman–Crippen LogP) is 5.94. The van der Waals surface area contributed by atoms with E-state index < -0.39 is 0 Å². The van der Waals surface area contributed by atoms with Crippen LogP contribution in [0.15, 0.2) is 97.2 Å². The molecule has 116 valence electrons. The average molecular weight is 309 g/mol. The molecule has 0 saturated carbocycles. The molecule has 0 unspecified atom stereocenters. The molecule has 1 nitrogen and oxygen atoms in total. The summed E-state index contributed by atoms with van der Waals surface area (Å²) in [7, 11) is 0. The minimum absolute atomic E-state index is 0.901. The van der Waals surface area contributed by atoms with E-state index in [2.05, 4.69) is 102 Å². The standard InChI is InChI=1S/C23H19N/c1-4-10-18(11-5-1)16-22-23(20-14-8-3-9-15-20)21(17-24-22)19-12-6-2-7-13-19/h1-15,17,24H,16H2. The summed E-state index contributed by atoms with van der Waals surface area (Å²) in [5.74, 6) is 0. The molecule has 0 spiro atoms. The number of hydrogen-bond donors (Lipinski definition) is 1. The van der Waals surface area contributed by atoms with E-state index in [0.717, 1.165) is 6.42 Å². The molecular formula is C23H19N. The van der Waals surface area contributed by atoms with E-state index in [4.69, 9.17) is 0 Å². The Labute approximate surface area is 142 Å². The Bertz CT molecular complexity index is 906. The van der Waals surface area contributed by atoms with Crippen LogP contribution in [-0.4, -0.2) is 4.98 Å². The Morgan fingerprint density at radius 1 is 0.583 bits per heavy atom. The average Bonchev–Trinajstić information content (AvgIpc) is 3.07. The van der Waals surface area contributed by atoms with Crippen LogP contribution < -0.4 is 0 Å². The van der Waals surface area contributed by atoms with Gasteiger partial charge in [0.1, 0.15) is 0 Å². The molecule has 0 radical (unpaired) electrons. The molecule has 0 saturated heterocycles. The molecule has 0 amide bonds. The van der Waals surface area contributed by atoms with Crippen LogP contribution in [-0.2, 0) is 6.42 Å². The number of nitrogens with one attached hydrogen (secondary N) is 1. The molecule has 1 heterocycles. The second-order valence-electron chi connectivity index (χ2n) is 5.95. The number of aromatic nitrogens is 1. The van der Waals surface area contributed by atoms with Gasteiger partial charge in [-0.2, -0.15) is 0 Å². The first-order valence-corrected chi connectivity index (χ1v) is 8.27. The van der Waals surface area contributed by atoms with Crippen LogP contribution in [0.1, 0.15) is 11.3 Å². The van der Waals surface area contributed by atoms with Crippen molar-refractivity contribution in [3.05, 3.63) is 108 Å². The zero-order valence-corrected chi connectivity index (χ0v) is 13.4. The van der Waals surface area contributed by atoms with Crippen molar-refractivity contribution < 1.29 is 0 Å². The molecule has 1 heteroatoms. The molecule has 4 aromatic rings. The highest BCUT2D eigenvalue weighted by molar-refractivity contribution is 5.85. The Hall–Kier alpha value is -3.06. The van der Waals surface area contributed by atoms with Crippen molar-refractivity contribution >= 4 is 0 Å². The van der Waals surface area contributed by atoms with Gasteiger partial charge < -0.3 is 4.98 Å².